The molecule has 1 aliphatic heterocycles. The van der Waals surface area contributed by atoms with Crippen LogP contribution in [-0.4, -0.2) is 52.5 Å². The molecule has 1 aliphatic rings. The summed E-state index contributed by atoms with van der Waals surface area (Å²) in [5.41, 5.74) is 1.44. The molecule has 156 valence electrons. The predicted molar refractivity (Wildman–Crippen MR) is 110 cm³/mol. The largest absolute Gasteiger partial charge is 0.493 e. The first kappa shape index (κ1) is 21.1. The number of methoxy groups -OCH3 is 2. The van der Waals surface area contributed by atoms with Crippen molar-refractivity contribution in [1.82, 2.24) is 9.62 Å². The first-order valence-corrected chi connectivity index (χ1v) is 11.0. The van der Waals surface area contributed by atoms with Crippen molar-refractivity contribution in [3.05, 3.63) is 53.6 Å². The average molecular weight is 419 g/mol. The molecule has 3 rings (SSSR count). The van der Waals surface area contributed by atoms with Crippen LogP contribution in [0.25, 0.3) is 0 Å². The van der Waals surface area contributed by atoms with Crippen LogP contribution in [0.3, 0.4) is 0 Å². The van der Waals surface area contributed by atoms with Crippen LogP contribution >= 0.6 is 0 Å². The van der Waals surface area contributed by atoms with Crippen molar-refractivity contribution in [1.29, 1.82) is 0 Å². The van der Waals surface area contributed by atoms with Crippen molar-refractivity contribution >= 4 is 15.9 Å². The first-order valence-electron chi connectivity index (χ1n) is 9.55. The third kappa shape index (κ3) is 4.89. The minimum Gasteiger partial charge on any atom is -0.493 e. The van der Waals surface area contributed by atoms with E-state index in [1.807, 2.05) is 0 Å². The standard InChI is InChI=1S/C21H26N2O5S/c1-27-19-10-7-17(15-20(19)28-2)21(24)22-12-11-16-5-8-18(9-6-16)29(25,26)23-13-3-4-14-23/h5-10,15H,3-4,11-14H2,1-2H3,(H,22,24). The highest BCUT2D eigenvalue weighted by Crippen LogP contribution is 2.27. The molecule has 1 amide bonds. The molecule has 0 atom stereocenters. The number of sulfonamides is 1. The van der Waals surface area contributed by atoms with Crippen LogP contribution in [0.5, 0.6) is 11.5 Å². The minimum atomic E-state index is -3.40. The normalized spacial score (nSPS) is 14.6. The molecule has 8 heteroatoms. The Kier molecular flexibility index (Phi) is 6.76. The number of carbonyl (C=O) groups excluding carboxylic acids is 1. The van der Waals surface area contributed by atoms with Crippen LogP contribution in [0, 0.1) is 0 Å². The Labute approximate surface area is 171 Å². The number of carbonyl (C=O) groups is 1. The number of ether oxygens (including phenoxy) is 2. The molecule has 0 aliphatic carbocycles. The van der Waals surface area contributed by atoms with Gasteiger partial charge in [0, 0.05) is 25.2 Å². The van der Waals surface area contributed by atoms with Crippen LogP contribution in [0.4, 0.5) is 0 Å². The summed E-state index contributed by atoms with van der Waals surface area (Å²) in [6, 6.07) is 11.9. The zero-order valence-corrected chi connectivity index (χ0v) is 17.5. The van der Waals surface area contributed by atoms with E-state index in [4.69, 9.17) is 9.47 Å². The highest BCUT2D eigenvalue weighted by atomic mass is 32.2. The molecule has 1 fully saturated rings. The second-order valence-corrected chi connectivity index (χ2v) is 8.77. The molecule has 0 radical (unpaired) electrons. The molecule has 0 spiro atoms. The van der Waals surface area contributed by atoms with Gasteiger partial charge in [0.05, 0.1) is 19.1 Å². The van der Waals surface area contributed by atoms with E-state index < -0.39 is 10.0 Å². The van der Waals surface area contributed by atoms with Crippen molar-refractivity contribution in [3.8, 4) is 11.5 Å². The van der Waals surface area contributed by atoms with Crippen LogP contribution in [-0.2, 0) is 16.4 Å². The smallest absolute Gasteiger partial charge is 0.251 e. The molecule has 0 aromatic heterocycles. The SMILES string of the molecule is COc1ccc(C(=O)NCCc2ccc(S(=O)(=O)N3CCCC3)cc2)cc1OC. The van der Waals surface area contributed by atoms with Gasteiger partial charge in [0.1, 0.15) is 0 Å². The number of benzene rings is 2. The van der Waals surface area contributed by atoms with E-state index in [1.165, 1.54) is 11.4 Å². The molecule has 1 saturated heterocycles. The van der Waals surface area contributed by atoms with Crippen LogP contribution in [0.2, 0.25) is 0 Å². The van der Waals surface area contributed by atoms with Crippen LogP contribution in [0.1, 0.15) is 28.8 Å². The number of nitrogens with one attached hydrogen (secondary N) is 1. The minimum absolute atomic E-state index is 0.209. The summed E-state index contributed by atoms with van der Waals surface area (Å²) in [6.45, 7) is 1.62. The molecular formula is C21H26N2O5S. The van der Waals surface area contributed by atoms with E-state index in [1.54, 1.807) is 49.6 Å². The number of hydrogen-bond donors (Lipinski definition) is 1. The fourth-order valence-electron chi connectivity index (χ4n) is 3.31. The maximum Gasteiger partial charge on any atom is 0.251 e. The monoisotopic (exact) mass is 418 g/mol. The molecule has 2 aromatic carbocycles. The van der Waals surface area contributed by atoms with Gasteiger partial charge in [0.25, 0.3) is 5.91 Å². The summed E-state index contributed by atoms with van der Waals surface area (Å²) >= 11 is 0. The number of rotatable bonds is 8. The van der Waals surface area contributed by atoms with Gasteiger partial charge < -0.3 is 14.8 Å². The highest BCUT2D eigenvalue weighted by molar-refractivity contribution is 7.89. The summed E-state index contributed by atoms with van der Waals surface area (Å²) in [5.74, 6) is 0.849. The Morgan fingerprint density at radius 2 is 1.66 bits per heavy atom. The fourth-order valence-corrected chi connectivity index (χ4v) is 4.82. The maximum absolute atomic E-state index is 12.6. The lowest BCUT2D eigenvalue weighted by Crippen LogP contribution is -2.28. The predicted octanol–water partition coefficient (Wildman–Crippen LogP) is 2.46. The van der Waals surface area contributed by atoms with E-state index in [0.29, 0.717) is 48.0 Å². The van der Waals surface area contributed by atoms with Crippen molar-refractivity contribution < 1.29 is 22.7 Å². The highest BCUT2D eigenvalue weighted by Gasteiger charge is 2.26. The second-order valence-electron chi connectivity index (χ2n) is 6.83. The topological polar surface area (TPSA) is 84.9 Å². The molecule has 0 saturated carbocycles. The average Bonchev–Trinajstić information content (AvgIpc) is 3.29. The second kappa shape index (κ2) is 9.28. The maximum atomic E-state index is 12.6. The molecule has 1 N–H and O–H groups in total. The number of hydrogen-bond acceptors (Lipinski definition) is 5. The summed E-state index contributed by atoms with van der Waals surface area (Å²) in [5, 5.41) is 2.86. The molecular weight excluding hydrogens is 392 g/mol. The number of nitrogens with zero attached hydrogens (tertiary/aromatic N) is 1. The van der Waals surface area contributed by atoms with Crippen molar-refractivity contribution in [2.75, 3.05) is 33.9 Å². The Morgan fingerprint density at radius 3 is 2.28 bits per heavy atom. The van der Waals surface area contributed by atoms with Crippen LogP contribution < -0.4 is 14.8 Å². The Balaban J connectivity index is 1.56. The summed E-state index contributed by atoms with van der Waals surface area (Å²) < 4.78 is 37.0. The van der Waals surface area contributed by atoms with Gasteiger partial charge in [-0.1, -0.05) is 12.1 Å². The van der Waals surface area contributed by atoms with E-state index in [9.17, 15) is 13.2 Å². The molecule has 0 unspecified atom stereocenters. The van der Waals surface area contributed by atoms with Gasteiger partial charge in [-0.3, -0.25) is 4.79 Å². The third-order valence-electron chi connectivity index (χ3n) is 4.97. The van der Waals surface area contributed by atoms with Crippen molar-refractivity contribution in [3.63, 3.8) is 0 Å². The van der Waals surface area contributed by atoms with Gasteiger partial charge in [-0.25, -0.2) is 8.42 Å². The van der Waals surface area contributed by atoms with Gasteiger partial charge in [-0.15, -0.1) is 0 Å². The number of amides is 1. The van der Waals surface area contributed by atoms with Gasteiger partial charge >= 0.3 is 0 Å². The van der Waals surface area contributed by atoms with E-state index in [2.05, 4.69) is 5.32 Å². The van der Waals surface area contributed by atoms with Gasteiger partial charge in [-0.2, -0.15) is 4.31 Å². The Morgan fingerprint density at radius 1 is 1.00 bits per heavy atom. The summed E-state index contributed by atoms with van der Waals surface area (Å²) in [6.07, 6.45) is 2.43. The zero-order valence-electron chi connectivity index (χ0n) is 16.7. The van der Waals surface area contributed by atoms with Gasteiger partial charge in [-0.05, 0) is 55.2 Å². The van der Waals surface area contributed by atoms with Crippen molar-refractivity contribution in [2.24, 2.45) is 0 Å². The lowest BCUT2D eigenvalue weighted by Gasteiger charge is -2.15. The molecule has 0 bridgehead atoms. The zero-order chi connectivity index (χ0) is 20.9. The molecule has 1 heterocycles. The van der Waals surface area contributed by atoms with E-state index in [0.717, 1.165) is 18.4 Å². The quantitative estimate of drug-likeness (QED) is 0.712. The molecule has 7 nitrogen and oxygen atoms in total. The lowest BCUT2D eigenvalue weighted by molar-refractivity contribution is 0.0953. The van der Waals surface area contributed by atoms with E-state index >= 15 is 0 Å². The van der Waals surface area contributed by atoms with Gasteiger partial charge in [0.15, 0.2) is 11.5 Å². The van der Waals surface area contributed by atoms with E-state index in [-0.39, 0.29) is 5.91 Å². The Hall–Kier alpha value is -2.58. The lowest BCUT2D eigenvalue weighted by atomic mass is 10.1. The van der Waals surface area contributed by atoms with Crippen molar-refractivity contribution in [2.45, 2.75) is 24.2 Å². The fraction of sp³-hybridized carbons (Fsp3) is 0.381. The third-order valence-corrected chi connectivity index (χ3v) is 6.88. The Bertz CT molecular complexity index is 952. The van der Waals surface area contributed by atoms with Crippen LogP contribution in [0.15, 0.2) is 47.4 Å². The summed E-state index contributed by atoms with van der Waals surface area (Å²) in [7, 11) is -0.334. The molecule has 29 heavy (non-hydrogen) atoms. The molecule has 2 aromatic rings. The van der Waals surface area contributed by atoms with Gasteiger partial charge in [0.2, 0.25) is 10.0 Å². The first-order chi connectivity index (χ1) is 14.0. The summed E-state index contributed by atoms with van der Waals surface area (Å²) in [4.78, 5) is 12.7.